The van der Waals surface area contributed by atoms with E-state index < -0.39 is 0 Å². The molecule has 1 unspecified atom stereocenters. The fraction of sp³-hybridized carbons (Fsp3) is 0.556. The van der Waals surface area contributed by atoms with Crippen molar-refractivity contribution in [1.82, 2.24) is 24.5 Å². The molecule has 0 N–H and O–H groups in total. The topological polar surface area (TPSA) is 84.5 Å². The van der Waals surface area contributed by atoms with E-state index in [0.29, 0.717) is 25.3 Å². The van der Waals surface area contributed by atoms with E-state index >= 15 is 0 Å². The summed E-state index contributed by atoms with van der Waals surface area (Å²) in [4.78, 5) is 33.6. The predicted octanol–water partition coefficient (Wildman–Crippen LogP) is 1.12. The van der Waals surface area contributed by atoms with E-state index in [0.717, 1.165) is 37.2 Å². The smallest absolute Gasteiger partial charge is 0.272 e. The van der Waals surface area contributed by atoms with E-state index in [1.807, 2.05) is 21.3 Å². The van der Waals surface area contributed by atoms with Gasteiger partial charge in [0.1, 0.15) is 17.8 Å². The Morgan fingerprint density at radius 3 is 3.00 bits per heavy atom. The van der Waals surface area contributed by atoms with Gasteiger partial charge in [0.25, 0.3) is 5.91 Å². The Kier molecular flexibility index (Phi) is 4.48. The number of fused-ring (bicyclic) bond motifs is 1. The first-order valence-corrected chi connectivity index (χ1v) is 9.18. The fourth-order valence-electron chi connectivity index (χ4n) is 3.97. The second-order valence-electron chi connectivity index (χ2n) is 6.90. The molecule has 2 aliphatic heterocycles. The predicted molar refractivity (Wildman–Crippen MR) is 92.5 cm³/mol. The lowest BCUT2D eigenvalue weighted by atomic mass is 10.2. The monoisotopic (exact) mass is 357 g/mol. The molecule has 0 aliphatic carbocycles. The first-order chi connectivity index (χ1) is 12.7. The highest BCUT2D eigenvalue weighted by Crippen LogP contribution is 2.22. The van der Waals surface area contributed by atoms with Crippen LogP contribution in [-0.4, -0.2) is 62.0 Å². The van der Waals surface area contributed by atoms with Crippen molar-refractivity contribution < 1.29 is 14.1 Å². The van der Waals surface area contributed by atoms with Crippen molar-refractivity contribution in [3.8, 4) is 0 Å². The maximum absolute atomic E-state index is 13.1. The molecule has 138 valence electrons. The Morgan fingerprint density at radius 1 is 1.35 bits per heavy atom. The molecule has 8 nitrogen and oxygen atoms in total. The van der Waals surface area contributed by atoms with Crippen molar-refractivity contribution >= 4 is 11.8 Å². The third-order valence-corrected chi connectivity index (χ3v) is 5.34. The molecule has 0 aromatic carbocycles. The van der Waals surface area contributed by atoms with Crippen molar-refractivity contribution in [2.24, 2.45) is 0 Å². The van der Waals surface area contributed by atoms with Gasteiger partial charge in [-0.25, -0.2) is 4.98 Å². The molecule has 0 radical (unpaired) electrons. The summed E-state index contributed by atoms with van der Waals surface area (Å²) in [7, 11) is 0. The zero-order chi connectivity index (χ0) is 18.1. The summed E-state index contributed by atoms with van der Waals surface area (Å²) in [6, 6.07) is 0.0477. The third kappa shape index (κ3) is 3.00. The van der Waals surface area contributed by atoms with Crippen molar-refractivity contribution in [3.63, 3.8) is 0 Å². The number of aryl methyl sites for hydroxylation is 1. The van der Waals surface area contributed by atoms with Gasteiger partial charge in [0, 0.05) is 38.2 Å². The lowest BCUT2D eigenvalue weighted by Gasteiger charge is -2.28. The van der Waals surface area contributed by atoms with E-state index in [9.17, 15) is 9.59 Å². The number of nitrogens with zero attached hydrogens (tertiary/aromatic N) is 5. The SMILES string of the molecule is CCN(C(=O)c1cnc2n1CCC2)C1CCN(C(=O)Cc2cnoc2)C1. The van der Waals surface area contributed by atoms with E-state index in [1.54, 1.807) is 12.4 Å². The molecule has 0 spiro atoms. The largest absolute Gasteiger partial charge is 0.364 e. The second-order valence-corrected chi connectivity index (χ2v) is 6.90. The molecule has 2 amide bonds. The van der Waals surface area contributed by atoms with Crippen LogP contribution in [-0.2, 0) is 24.2 Å². The van der Waals surface area contributed by atoms with Crippen molar-refractivity contribution in [1.29, 1.82) is 0 Å². The molecule has 0 bridgehead atoms. The summed E-state index contributed by atoms with van der Waals surface area (Å²) in [6.45, 7) is 4.72. The average Bonchev–Trinajstić information content (AvgIpc) is 3.40. The van der Waals surface area contributed by atoms with E-state index in [4.69, 9.17) is 4.52 Å². The maximum atomic E-state index is 13.1. The number of amides is 2. The number of carbonyl (C=O) groups is 2. The highest BCUT2D eigenvalue weighted by Gasteiger charge is 2.34. The molecule has 26 heavy (non-hydrogen) atoms. The number of likely N-dealkylation sites (tertiary alicyclic amines) is 1. The van der Waals surface area contributed by atoms with Gasteiger partial charge >= 0.3 is 0 Å². The van der Waals surface area contributed by atoms with Gasteiger partial charge < -0.3 is 18.9 Å². The molecule has 4 rings (SSSR count). The van der Waals surface area contributed by atoms with Gasteiger partial charge in [0.2, 0.25) is 5.91 Å². The maximum Gasteiger partial charge on any atom is 0.272 e. The minimum Gasteiger partial charge on any atom is -0.364 e. The molecule has 2 aromatic heterocycles. The number of carbonyl (C=O) groups excluding carboxylic acids is 2. The molecule has 4 heterocycles. The molecular weight excluding hydrogens is 334 g/mol. The van der Waals surface area contributed by atoms with Crippen molar-refractivity contribution in [2.75, 3.05) is 19.6 Å². The third-order valence-electron chi connectivity index (χ3n) is 5.34. The molecule has 1 fully saturated rings. The number of imidazole rings is 1. The van der Waals surface area contributed by atoms with Crippen LogP contribution in [0.3, 0.4) is 0 Å². The Morgan fingerprint density at radius 2 is 2.23 bits per heavy atom. The summed E-state index contributed by atoms with van der Waals surface area (Å²) >= 11 is 0. The molecule has 2 aromatic rings. The quantitative estimate of drug-likeness (QED) is 0.801. The van der Waals surface area contributed by atoms with Gasteiger partial charge in [0.15, 0.2) is 0 Å². The van der Waals surface area contributed by atoms with Crippen molar-refractivity contribution in [3.05, 3.63) is 35.7 Å². The molecular formula is C18H23N5O3. The van der Waals surface area contributed by atoms with Gasteiger partial charge in [-0.05, 0) is 19.8 Å². The normalized spacial score (nSPS) is 19.0. The lowest BCUT2D eigenvalue weighted by Crippen LogP contribution is -2.43. The van der Waals surface area contributed by atoms with E-state index in [1.165, 1.54) is 6.26 Å². The molecule has 1 saturated heterocycles. The molecule has 0 saturated carbocycles. The van der Waals surface area contributed by atoms with Gasteiger partial charge in [-0.1, -0.05) is 5.16 Å². The number of likely N-dealkylation sites (N-methyl/N-ethyl adjacent to an activating group) is 1. The lowest BCUT2D eigenvalue weighted by molar-refractivity contribution is -0.129. The second kappa shape index (κ2) is 6.93. The zero-order valence-corrected chi connectivity index (χ0v) is 14.9. The van der Waals surface area contributed by atoms with Crippen LogP contribution >= 0.6 is 0 Å². The van der Waals surface area contributed by atoms with Crippen LogP contribution in [0.2, 0.25) is 0 Å². The van der Waals surface area contributed by atoms with Crippen LogP contribution in [0.15, 0.2) is 23.2 Å². The molecule has 2 aliphatic rings. The Bertz CT molecular complexity index is 798. The van der Waals surface area contributed by atoms with Crippen LogP contribution < -0.4 is 0 Å². The van der Waals surface area contributed by atoms with Gasteiger partial charge in [-0.15, -0.1) is 0 Å². The van der Waals surface area contributed by atoms with Crippen LogP contribution in [0, 0.1) is 0 Å². The molecule has 8 heteroatoms. The number of hydrogen-bond acceptors (Lipinski definition) is 5. The van der Waals surface area contributed by atoms with Crippen LogP contribution in [0.25, 0.3) is 0 Å². The first kappa shape index (κ1) is 16.8. The molecule has 1 atom stereocenters. The minimum atomic E-state index is 0.0199. The van der Waals surface area contributed by atoms with Crippen LogP contribution in [0.4, 0.5) is 0 Å². The van der Waals surface area contributed by atoms with E-state index in [-0.39, 0.29) is 24.3 Å². The highest BCUT2D eigenvalue weighted by atomic mass is 16.5. The number of hydrogen-bond donors (Lipinski definition) is 0. The summed E-state index contributed by atoms with van der Waals surface area (Å²) in [5.74, 6) is 1.07. The summed E-state index contributed by atoms with van der Waals surface area (Å²) in [5, 5.41) is 3.63. The minimum absolute atomic E-state index is 0.0199. The van der Waals surface area contributed by atoms with Gasteiger partial charge in [-0.2, -0.15) is 0 Å². The standard InChI is InChI=1S/C18H23N5O3/c1-2-22(18(25)15-10-19-16-4-3-6-23(15)16)14-5-7-21(11-14)17(24)8-13-9-20-26-12-13/h9-10,12,14H,2-8,11H2,1H3. The number of rotatable bonds is 5. The van der Waals surface area contributed by atoms with E-state index in [2.05, 4.69) is 10.1 Å². The van der Waals surface area contributed by atoms with Crippen molar-refractivity contribution in [2.45, 2.75) is 45.2 Å². The van der Waals surface area contributed by atoms with Gasteiger partial charge in [0.05, 0.1) is 24.9 Å². The first-order valence-electron chi connectivity index (χ1n) is 9.18. The average molecular weight is 357 g/mol. The van der Waals surface area contributed by atoms with Gasteiger partial charge in [-0.3, -0.25) is 9.59 Å². The van der Waals surface area contributed by atoms with Crippen LogP contribution in [0.1, 0.15) is 41.6 Å². The Hall–Kier alpha value is -2.64. The highest BCUT2D eigenvalue weighted by molar-refractivity contribution is 5.93. The summed E-state index contributed by atoms with van der Waals surface area (Å²) in [6.07, 6.45) is 7.82. The van der Waals surface area contributed by atoms with Crippen LogP contribution in [0.5, 0.6) is 0 Å². The summed E-state index contributed by atoms with van der Waals surface area (Å²) < 4.78 is 6.82. The summed E-state index contributed by atoms with van der Waals surface area (Å²) in [5.41, 5.74) is 1.45. The fourth-order valence-corrected chi connectivity index (χ4v) is 3.97. The zero-order valence-electron chi connectivity index (χ0n) is 14.9. The number of aromatic nitrogens is 3. The Labute approximate surface area is 151 Å². The Balaban J connectivity index is 1.42.